The van der Waals surface area contributed by atoms with Crippen molar-refractivity contribution >= 4 is 16.5 Å². The lowest BCUT2D eigenvalue weighted by Crippen LogP contribution is -2.14. The molecule has 0 unspecified atom stereocenters. The molecule has 1 aliphatic carbocycles. The molecule has 28 heavy (non-hydrogen) atoms. The van der Waals surface area contributed by atoms with E-state index in [1.165, 1.54) is 0 Å². The predicted molar refractivity (Wildman–Crippen MR) is 115 cm³/mol. The fraction of sp³-hybridized carbons (Fsp3) is 0.348. The van der Waals surface area contributed by atoms with Gasteiger partial charge in [0.15, 0.2) is 0 Å². The second-order valence-electron chi connectivity index (χ2n) is 6.15. The van der Waals surface area contributed by atoms with E-state index in [-0.39, 0.29) is 5.43 Å². The first-order chi connectivity index (χ1) is 13.6. The van der Waals surface area contributed by atoms with Crippen molar-refractivity contribution in [3.05, 3.63) is 64.0 Å². The monoisotopic (exact) mass is 383 g/mol. The average Bonchev–Trinajstić information content (AvgIpc) is 2.97. The minimum Gasteiger partial charge on any atom is -0.497 e. The Balaban J connectivity index is 0.00000136. The molecule has 2 aromatic rings. The maximum atomic E-state index is 13.2. The molecule has 5 nitrogen and oxygen atoms in total. The molecule has 5 heteroatoms. The molecular formula is C23H29NO4. The van der Waals surface area contributed by atoms with Crippen LogP contribution in [-0.2, 0) is 11.8 Å². The molecule has 0 aliphatic heterocycles. The molecule has 0 saturated heterocycles. The Morgan fingerprint density at radius 2 is 1.79 bits per heavy atom. The summed E-state index contributed by atoms with van der Waals surface area (Å²) in [7, 11) is 6.75. The summed E-state index contributed by atoms with van der Waals surface area (Å²) in [6.07, 6.45) is 10.7. The van der Waals surface area contributed by atoms with Gasteiger partial charge in [-0.25, -0.2) is 0 Å². The summed E-state index contributed by atoms with van der Waals surface area (Å²) in [6.45, 7) is 4.56. The van der Waals surface area contributed by atoms with Crippen molar-refractivity contribution in [3.63, 3.8) is 0 Å². The van der Waals surface area contributed by atoms with Gasteiger partial charge in [-0.2, -0.15) is 0 Å². The van der Waals surface area contributed by atoms with Crippen LogP contribution in [0.3, 0.4) is 0 Å². The Morgan fingerprint density at radius 1 is 1.04 bits per heavy atom. The quantitative estimate of drug-likeness (QED) is 0.763. The van der Waals surface area contributed by atoms with Crippen LogP contribution in [0.5, 0.6) is 11.5 Å². The third kappa shape index (κ3) is 4.37. The van der Waals surface area contributed by atoms with Crippen LogP contribution in [0.15, 0.2) is 53.0 Å². The number of allylic oxidation sites excluding steroid dienone is 4. The standard InChI is InChI=1S/C21H23NO4.C2H6/c1-22-12-17(15-7-5-6-14(8-9-15)13-24-2)21(23)20-18(22)10-16(25-3)11-19(20)26-4;1-2/h6-12H,5,13H2,1-4H3;1-2H3. The third-order valence-electron chi connectivity index (χ3n) is 4.50. The largest absolute Gasteiger partial charge is 0.497 e. The molecule has 1 aromatic heterocycles. The number of aromatic nitrogens is 1. The number of aryl methyl sites for hydroxylation is 1. The van der Waals surface area contributed by atoms with E-state index in [9.17, 15) is 4.79 Å². The van der Waals surface area contributed by atoms with E-state index in [0.717, 1.165) is 23.1 Å². The van der Waals surface area contributed by atoms with Gasteiger partial charge in [0, 0.05) is 38.1 Å². The van der Waals surface area contributed by atoms with E-state index in [1.54, 1.807) is 27.4 Å². The molecule has 0 fully saturated rings. The van der Waals surface area contributed by atoms with Crippen molar-refractivity contribution in [2.24, 2.45) is 7.05 Å². The Morgan fingerprint density at radius 3 is 2.43 bits per heavy atom. The molecule has 0 N–H and O–H groups in total. The molecule has 1 aromatic carbocycles. The maximum Gasteiger partial charge on any atom is 0.200 e. The summed E-state index contributed by atoms with van der Waals surface area (Å²) in [5.74, 6) is 1.16. The number of pyridine rings is 1. The number of nitrogens with zero attached hydrogens (tertiary/aromatic N) is 1. The van der Waals surface area contributed by atoms with Crippen LogP contribution < -0.4 is 14.9 Å². The lowest BCUT2D eigenvalue weighted by molar-refractivity contribution is 0.228. The van der Waals surface area contributed by atoms with E-state index < -0.39 is 0 Å². The van der Waals surface area contributed by atoms with Crippen LogP contribution in [0, 0.1) is 0 Å². The van der Waals surface area contributed by atoms with Crippen LogP contribution >= 0.6 is 0 Å². The summed E-state index contributed by atoms with van der Waals surface area (Å²) in [4.78, 5) is 13.2. The minimum atomic E-state index is -0.0521. The highest BCUT2D eigenvalue weighted by atomic mass is 16.5. The van der Waals surface area contributed by atoms with Gasteiger partial charge in [-0.05, 0) is 17.6 Å². The van der Waals surface area contributed by atoms with Gasteiger partial charge in [0.25, 0.3) is 0 Å². The molecule has 0 radical (unpaired) electrons. The molecule has 0 atom stereocenters. The highest BCUT2D eigenvalue weighted by molar-refractivity contribution is 5.90. The third-order valence-corrected chi connectivity index (χ3v) is 4.50. The van der Waals surface area contributed by atoms with Gasteiger partial charge in [-0.1, -0.05) is 38.2 Å². The van der Waals surface area contributed by atoms with Gasteiger partial charge in [-0.15, -0.1) is 0 Å². The number of benzene rings is 1. The molecule has 0 bridgehead atoms. The van der Waals surface area contributed by atoms with Crippen molar-refractivity contribution in [2.45, 2.75) is 20.3 Å². The first kappa shape index (κ1) is 21.5. The van der Waals surface area contributed by atoms with Gasteiger partial charge >= 0.3 is 0 Å². The van der Waals surface area contributed by atoms with Crippen molar-refractivity contribution < 1.29 is 14.2 Å². The normalized spacial score (nSPS) is 13.2. The number of hydrogen-bond donors (Lipinski definition) is 0. The smallest absolute Gasteiger partial charge is 0.200 e. The van der Waals surface area contributed by atoms with Gasteiger partial charge in [0.2, 0.25) is 5.43 Å². The second kappa shape index (κ2) is 9.95. The van der Waals surface area contributed by atoms with Crippen LogP contribution in [0.2, 0.25) is 0 Å². The van der Waals surface area contributed by atoms with Gasteiger partial charge in [0.1, 0.15) is 11.5 Å². The number of fused-ring (bicyclic) bond motifs is 1. The zero-order chi connectivity index (χ0) is 20.7. The molecule has 1 aliphatic rings. The second-order valence-corrected chi connectivity index (χ2v) is 6.15. The van der Waals surface area contributed by atoms with E-state index in [2.05, 4.69) is 12.2 Å². The fourth-order valence-electron chi connectivity index (χ4n) is 3.17. The molecule has 150 valence electrons. The Bertz CT molecular complexity index is 980. The van der Waals surface area contributed by atoms with E-state index in [0.29, 0.717) is 29.1 Å². The average molecular weight is 383 g/mol. The summed E-state index contributed by atoms with van der Waals surface area (Å²) >= 11 is 0. The van der Waals surface area contributed by atoms with E-state index in [4.69, 9.17) is 14.2 Å². The summed E-state index contributed by atoms with van der Waals surface area (Å²) < 4.78 is 17.9. The van der Waals surface area contributed by atoms with Crippen molar-refractivity contribution in [1.82, 2.24) is 4.57 Å². The number of methoxy groups -OCH3 is 3. The lowest BCUT2D eigenvalue weighted by Gasteiger charge is -2.14. The zero-order valence-corrected chi connectivity index (χ0v) is 17.5. The Labute approximate surface area is 166 Å². The highest BCUT2D eigenvalue weighted by Crippen LogP contribution is 2.30. The molecule has 0 saturated carbocycles. The number of rotatable bonds is 5. The fourth-order valence-corrected chi connectivity index (χ4v) is 3.17. The van der Waals surface area contributed by atoms with E-state index >= 15 is 0 Å². The highest BCUT2D eigenvalue weighted by Gasteiger charge is 2.16. The van der Waals surface area contributed by atoms with Crippen LogP contribution in [0.1, 0.15) is 25.8 Å². The van der Waals surface area contributed by atoms with Crippen molar-refractivity contribution in [3.8, 4) is 11.5 Å². The van der Waals surface area contributed by atoms with E-state index in [1.807, 2.05) is 49.9 Å². The van der Waals surface area contributed by atoms with Crippen molar-refractivity contribution in [2.75, 3.05) is 27.9 Å². The van der Waals surface area contributed by atoms with Crippen LogP contribution in [0.4, 0.5) is 0 Å². The molecule has 1 heterocycles. The molecule has 0 amide bonds. The topological polar surface area (TPSA) is 49.7 Å². The summed E-state index contributed by atoms with van der Waals surface area (Å²) in [5.41, 5.74) is 3.35. The molecular weight excluding hydrogens is 354 g/mol. The Hall–Kier alpha value is -2.79. The number of ether oxygens (including phenoxy) is 3. The first-order valence-electron chi connectivity index (χ1n) is 9.41. The predicted octanol–water partition coefficient (Wildman–Crippen LogP) is 4.50. The SMILES string of the molecule is CC.COCC1=CCC=C(c2cn(C)c3cc(OC)cc(OC)c3c2=O)C=C1. The summed E-state index contributed by atoms with van der Waals surface area (Å²) in [5, 5.41) is 0.553. The van der Waals surface area contributed by atoms with Gasteiger partial charge in [0.05, 0.1) is 31.7 Å². The van der Waals surface area contributed by atoms with Crippen LogP contribution in [-0.4, -0.2) is 32.5 Å². The van der Waals surface area contributed by atoms with Gasteiger partial charge in [-0.3, -0.25) is 4.79 Å². The minimum absolute atomic E-state index is 0.0521. The Kier molecular flexibility index (Phi) is 7.64. The molecule has 3 rings (SSSR count). The lowest BCUT2D eigenvalue weighted by atomic mass is 10.0. The first-order valence-corrected chi connectivity index (χ1v) is 9.41. The number of hydrogen-bond acceptors (Lipinski definition) is 4. The van der Waals surface area contributed by atoms with Crippen molar-refractivity contribution in [1.29, 1.82) is 0 Å². The van der Waals surface area contributed by atoms with Crippen LogP contribution in [0.25, 0.3) is 16.5 Å². The van der Waals surface area contributed by atoms with Gasteiger partial charge < -0.3 is 18.8 Å². The zero-order valence-electron chi connectivity index (χ0n) is 17.5. The summed E-state index contributed by atoms with van der Waals surface area (Å²) in [6, 6.07) is 3.58. The molecule has 0 spiro atoms. The maximum absolute atomic E-state index is 13.2.